The number of hydrogen-bond acceptors (Lipinski definition) is 4. The lowest BCUT2D eigenvalue weighted by atomic mass is 9.75. The van der Waals surface area contributed by atoms with Crippen LogP contribution in [-0.4, -0.2) is 17.9 Å². The third-order valence-corrected chi connectivity index (χ3v) is 4.42. The summed E-state index contributed by atoms with van der Waals surface area (Å²) in [7, 11) is 0. The molecule has 1 atom stereocenters. The van der Waals surface area contributed by atoms with E-state index in [1.165, 1.54) is 0 Å². The van der Waals surface area contributed by atoms with Gasteiger partial charge in [0.1, 0.15) is 0 Å². The van der Waals surface area contributed by atoms with Crippen LogP contribution in [0.4, 0.5) is 0 Å². The molecular weight excluding hydrogens is 304 g/mol. The van der Waals surface area contributed by atoms with E-state index in [9.17, 15) is 9.59 Å². The monoisotopic (exact) mass is 327 g/mol. The molecule has 0 aromatic carbocycles. The SMILES string of the molecule is CC1=C(C(=O)OC(C)C)C(c2cc[nH+]cc2)C2=C(CCCC2=O)N1. The summed E-state index contributed by atoms with van der Waals surface area (Å²) in [6.45, 7) is 5.53. The van der Waals surface area contributed by atoms with Crippen LogP contribution in [0.1, 0.15) is 51.5 Å². The predicted octanol–water partition coefficient (Wildman–Crippen LogP) is 2.42. The fourth-order valence-electron chi connectivity index (χ4n) is 3.46. The van der Waals surface area contributed by atoms with Gasteiger partial charge in [-0.1, -0.05) is 0 Å². The Labute approximate surface area is 141 Å². The molecule has 1 aliphatic heterocycles. The smallest absolute Gasteiger partial charge is 0.337 e. The van der Waals surface area contributed by atoms with Crippen molar-refractivity contribution >= 4 is 11.8 Å². The van der Waals surface area contributed by atoms with Gasteiger partial charge in [0.25, 0.3) is 0 Å². The molecule has 0 saturated heterocycles. The lowest BCUT2D eigenvalue weighted by Gasteiger charge is -2.34. The minimum Gasteiger partial charge on any atom is -0.460 e. The standard InChI is InChI=1S/C19H22N2O3/c1-11(2)24-19(23)16-12(3)21-14-5-4-6-15(22)18(14)17(16)13-7-9-20-10-8-13/h7-11,17,21H,4-6H2,1-3H3/p+1. The van der Waals surface area contributed by atoms with E-state index in [4.69, 9.17) is 4.74 Å². The van der Waals surface area contributed by atoms with Crippen molar-refractivity contribution in [3.05, 3.63) is 52.6 Å². The average molecular weight is 327 g/mol. The number of ether oxygens (including phenoxy) is 1. The quantitative estimate of drug-likeness (QED) is 0.866. The van der Waals surface area contributed by atoms with Crippen molar-refractivity contribution < 1.29 is 19.3 Å². The van der Waals surface area contributed by atoms with Crippen LogP contribution in [-0.2, 0) is 14.3 Å². The van der Waals surface area contributed by atoms with Crippen LogP contribution >= 0.6 is 0 Å². The molecule has 0 saturated carbocycles. The zero-order valence-electron chi connectivity index (χ0n) is 14.3. The molecule has 0 radical (unpaired) electrons. The number of allylic oxidation sites excluding steroid dienone is 3. The van der Waals surface area contributed by atoms with Crippen LogP contribution in [0, 0.1) is 0 Å². The number of hydrogen-bond donors (Lipinski definition) is 1. The van der Waals surface area contributed by atoms with E-state index >= 15 is 0 Å². The molecular formula is C19H23N2O3+. The molecule has 1 aromatic rings. The summed E-state index contributed by atoms with van der Waals surface area (Å²) in [4.78, 5) is 28.3. The number of ketones is 1. The van der Waals surface area contributed by atoms with E-state index in [2.05, 4.69) is 10.3 Å². The highest BCUT2D eigenvalue weighted by Gasteiger charge is 2.39. The van der Waals surface area contributed by atoms with Gasteiger partial charge in [-0.15, -0.1) is 0 Å². The summed E-state index contributed by atoms with van der Waals surface area (Å²) >= 11 is 0. The molecule has 1 aromatic heterocycles. The number of nitrogens with one attached hydrogen (secondary N) is 2. The maximum absolute atomic E-state index is 12.7. The first kappa shape index (κ1) is 16.4. The average Bonchev–Trinajstić information content (AvgIpc) is 2.53. The highest BCUT2D eigenvalue weighted by Crippen LogP contribution is 2.42. The van der Waals surface area contributed by atoms with E-state index in [0.717, 1.165) is 29.8 Å². The van der Waals surface area contributed by atoms with Gasteiger partial charge < -0.3 is 10.1 Å². The van der Waals surface area contributed by atoms with Crippen molar-refractivity contribution in [2.24, 2.45) is 0 Å². The Kier molecular flexibility index (Phi) is 4.51. The number of esters is 1. The third kappa shape index (κ3) is 2.98. The van der Waals surface area contributed by atoms with Gasteiger partial charge in [0.2, 0.25) is 0 Å². The van der Waals surface area contributed by atoms with Crippen molar-refractivity contribution in [2.75, 3.05) is 0 Å². The molecule has 126 valence electrons. The molecule has 3 rings (SSSR count). The topological polar surface area (TPSA) is 69.5 Å². The van der Waals surface area contributed by atoms with Crippen LogP contribution in [0.15, 0.2) is 47.1 Å². The molecule has 2 aliphatic rings. The minimum atomic E-state index is -0.366. The van der Waals surface area contributed by atoms with Crippen LogP contribution in [0.2, 0.25) is 0 Å². The maximum atomic E-state index is 12.7. The highest BCUT2D eigenvalue weighted by molar-refractivity contribution is 6.03. The van der Waals surface area contributed by atoms with Gasteiger partial charge in [0.15, 0.2) is 18.2 Å². The van der Waals surface area contributed by atoms with Crippen LogP contribution in [0.5, 0.6) is 0 Å². The first-order valence-corrected chi connectivity index (χ1v) is 8.40. The number of H-pyrrole nitrogens is 1. The fourth-order valence-corrected chi connectivity index (χ4v) is 3.46. The third-order valence-electron chi connectivity index (χ3n) is 4.42. The molecule has 1 aliphatic carbocycles. The second-order valence-electron chi connectivity index (χ2n) is 6.55. The Bertz CT molecular complexity index is 732. The number of aromatic amines is 1. The second kappa shape index (κ2) is 6.59. The lowest BCUT2D eigenvalue weighted by molar-refractivity contribution is -0.378. The molecule has 0 fully saturated rings. The van der Waals surface area contributed by atoms with Crippen molar-refractivity contribution in [2.45, 2.75) is 52.1 Å². The van der Waals surface area contributed by atoms with Crippen molar-refractivity contribution in [1.29, 1.82) is 0 Å². The minimum absolute atomic E-state index is 0.115. The maximum Gasteiger partial charge on any atom is 0.337 e. The predicted molar refractivity (Wildman–Crippen MR) is 88.7 cm³/mol. The summed E-state index contributed by atoms with van der Waals surface area (Å²) in [6, 6.07) is 3.83. The Hall–Kier alpha value is -2.43. The van der Waals surface area contributed by atoms with Gasteiger partial charge >= 0.3 is 5.97 Å². The second-order valence-corrected chi connectivity index (χ2v) is 6.55. The summed E-state index contributed by atoms with van der Waals surface area (Å²) < 4.78 is 5.45. The first-order valence-electron chi connectivity index (χ1n) is 8.40. The largest absolute Gasteiger partial charge is 0.460 e. The molecule has 5 nitrogen and oxygen atoms in total. The Morgan fingerprint density at radius 3 is 2.67 bits per heavy atom. The molecule has 1 unspecified atom stereocenters. The van der Waals surface area contributed by atoms with E-state index in [1.54, 1.807) is 0 Å². The fraction of sp³-hybridized carbons (Fsp3) is 0.421. The summed E-state index contributed by atoms with van der Waals surface area (Å²) in [5, 5.41) is 3.28. The highest BCUT2D eigenvalue weighted by atomic mass is 16.5. The molecule has 2 N–H and O–H groups in total. The zero-order chi connectivity index (χ0) is 17.3. The number of pyridine rings is 1. The van der Waals surface area contributed by atoms with E-state index < -0.39 is 0 Å². The lowest BCUT2D eigenvalue weighted by Crippen LogP contribution is -2.35. The van der Waals surface area contributed by atoms with Crippen molar-refractivity contribution in [3.63, 3.8) is 0 Å². The summed E-state index contributed by atoms with van der Waals surface area (Å²) in [6.07, 6.45) is 5.62. The van der Waals surface area contributed by atoms with E-state index in [0.29, 0.717) is 17.6 Å². The van der Waals surface area contributed by atoms with Gasteiger partial charge in [-0.2, -0.15) is 0 Å². The first-order chi connectivity index (χ1) is 11.5. The van der Waals surface area contributed by atoms with Crippen LogP contribution in [0.3, 0.4) is 0 Å². The Morgan fingerprint density at radius 1 is 1.29 bits per heavy atom. The number of Topliss-reactive ketones (excluding diaryl/α,β-unsaturated/α-hetero) is 1. The number of rotatable bonds is 3. The molecule has 24 heavy (non-hydrogen) atoms. The molecule has 5 heteroatoms. The molecule has 0 spiro atoms. The molecule has 2 heterocycles. The summed E-state index contributed by atoms with van der Waals surface area (Å²) in [5.41, 5.74) is 3.89. The number of aromatic nitrogens is 1. The van der Waals surface area contributed by atoms with Crippen LogP contribution in [0.25, 0.3) is 0 Å². The van der Waals surface area contributed by atoms with Gasteiger partial charge in [0, 0.05) is 41.4 Å². The van der Waals surface area contributed by atoms with Gasteiger partial charge in [-0.25, -0.2) is 9.78 Å². The summed E-state index contributed by atoms with van der Waals surface area (Å²) in [5.74, 6) is -0.614. The van der Waals surface area contributed by atoms with E-state index in [-0.39, 0.29) is 23.8 Å². The Morgan fingerprint density at radius 2 is 2.00 bits per heavy atom. The molecule has 0 amide bonds. The van der Waals surface area contributed by atoms with Crippen molar-refractivity contribution in [3.8, 4) is 0 Å². The number of carbonyl (C=O) groups is 2. The van der Waals surface area contributed by atoms with Gasteiger partial charge in [0.05, 0.1) is 11.7 Å². The van der Waals surface area contributed by atoms with E-state index in [1.807, 2.05) is 45.3 Å². The Balaban J connectivity index is 2.12. The zero-order valence-corrected chi connectivity index (χ0v) is 14.3. The molecule has 0 bridgehead atoms. The normalized spacial score (nSPS) is 20.8. The van der Waals surface area contributed by atoms with Gasteiger partial charge in [-0.05, 0) is 39.2 Å². The van der Waals surface area contributed by atoms with Crippen molar-refractivity contribution in [1.82, 2.24) is 5.32 Å². The van der Waals surface area contributed by atoms with Gasteiger partial charge in [-0.3, -0.25) is 4.79 Å². The number of dihydropyridines is 1. The number of carbonyl (C=O) groups excluding carboxylic acids is 2. The van der Waals surface area contributed by atoms with Crippen LogP contribution < -0.4 is 10.3 Å².